The number of unbranched alkanes of at least 4 members (excludes halogenated alkanes) is 1. The number of para-hydroxylation sites is 1. The number of aliphatic hydroxyl groups excluding tert-OH is 1. The summed E-state index contributed by atoms with van der Waals surface area (Å²) in [4.78, 5) is 25.8. The highest BCUT2D eigenvalue weighted by atomic mass is 16.5. The second-order valence-corrected chi connectivity index (χ2v) is 11.2. The average Bonchev–Trinajstić information content (AvgIpc) is 2.92. The minimum absolute atomic E-state index is 0.0227. The molecule has 7 heteroatoms. The monoisotopic (exact) mass is 539 g/mol. The minimum atomic E-state index is -0.807. The molecule has 4 atom stereocenters. The van der Waals surface area contributed by atoms with Crippen LogP contribution < -0.4 is 21.1 Å². The second kappa shape index (κ2) is 16.9. The van der Waals surface area contributed by atoms with Gasteiger partial charge in [-0.25, -0.2) is 0 Å². The van der Waals surface area contributed by atoms with Crippen LogP contribution in [0.1, 0.15) is 76.2 Å². The quantitative estimate of drug-likeness (QED) is 0.213. The molecule has 216 valence electrons. The number of amides is 2. The van der Waals surface area contributed by atoms with Crippen LogP contribution in [-0.2, 0) is 11.4 Å². The van der Waals surface area contributed by atoms with Crippen LogP contribution in [-0.4, -0.2) is 42.2 Å². The van der Waals surface area contributed by atoms with E-state index in [0.29, 0.717) is 43.9 Å². The third-order valence-corrected chi connectivity index (χ3v) is 7.37. The Morgan fingerprint density at radius 3 is 2.23 bits per heavy atom. The molecule has 0 aliphatic heterocycles. The molecule has 0 radical (unpaired) electrons. The van der Waals surface area contributed by atoms with Gasteiger partial charge in [0.25, 0.3) is 5.91 Å². The molecule has 0 bridgehead atoms. The first-order valence-electron chi connectivity index (χ1n) is 14.4. The van der Waals surface area contributed by atoms with Crippen LogP contribution in [0.25, 0.3) is 0 Å². The molecule has 0 fully saturated rings. The Labute approximate surface area is 234 Å². The summed E-state index contributed by atoms with van der Waals surface area (Å²) in [6.07, 6.45) is 2.00. The predicted molar refractivity (Wildman–Crippen MR) is 157 cm³/mol. The average molecular weight is 540 g/mol. The molecular formula is C32H49N3O4. The maximum absolute atomic E-state index is 13.1. The third-order valence-electron chi connectivity index (χ3n) is 7.37. The minimum Gasteiger partial charge on any atom is -0.488 e. The Morgan fingerprint density at radius 1 is 0.923 bits per heavy atom. The molecule has 2 amide bonds. The van der Waals surface area contributed by atoms with Gasteiger partial charge in [-0.05, 0) is 54.7 Å². The number of carbonyl (C=O) groups excluding carboxylic acids is 2. The lowest BCUT2D eigenvalue weighted by molar-refractivity contribution is -0.127. The van der Waals surface area contributed by atoms with Gasteiger partial charge in [0.05, 0.1) is 11.7 Å². The van der Waals surface area contributed by atoms with E-state index in [-0.39, 0.29) is 35.5 Å². The molecule has 2 rings (SSSR count). The van der Waals surface area contributed by atoms with Gasteiger partial charge in [-0.15, -0.1) is 0 Å². The Hall–Kier alpha value is -2.90. The first kappa shape index (κ1) is 32.3. The Morgan fingerprint density at radius 2 is 1.59 bits per heavy atom. The lowest BCUT2D eigenvalue weighted by Crippen LogP contribution is -2.44. The van der Waals surface area contributed by atoms with Crippen LogP contribution in [0.4, 0.5) is 0 Å². The number of nitrogens with one attached hydrogen (secondary N) is 2. The zero-order valence-electron chi connectivity index (χ0n) is 24.4. The van der Waals surface area contributed by atoms with Crippen LogP contribution in [0.2, 0.25) is 0 Å². The highest BCUT2D eigenvalue weighted by Gasteiger charge is 2.29. The van der Waals surface area contributed by atoms with E-state index >= 15 is 0 Å². The number of hydrogen-bond acceptors (Lipinski definition) is 5. The van der Waals surface area contributed by atoms with E-state index in [1.54, 1.807) is 12.1 Å². The van der Waals surface area contributed by atoms with Gasteiger partial charge in [0, 0.05) is 25.0 Å². The first-order chi connectivity index (χ1) is 18.6. The molecule has 0 spiro atoms. The molecule has 2 aromatic carbocycles. The Bertz CT molecular complexity index is 996. The molecule has 0 saturated carbocycles. The van der Waals surface area contributed by atoms with E-state index in [4.69, 9.17) is 10.5 Å². The van der Waals surface area contributed by atoms with Crippen molar-refractivity contribution in [2.75, 3.05) is 13.1 Å². The molecule has 2 aromatic rings. The fourth-order valence-corrected chi connectivity index (χ4v) is 4.57. The Balaban J connectivity index is 1.95. The molecule has 5 N–H and O–H groups in total. The molecule has 0 aromatic heterocycles. The SMILES string of the molecule is CCCCNC(=O)[C@H](C[C@H](O)[C@@H](N)C[C@@H](CNC(=O)c1ccccc1OCc1ccccc1)C(C)C)C(C)C. The van der Waals surface area contributed by atoms with Crippen LogP contribution in [0, 0.1) is 23.7 Å². The molecular weight excluding hydrogens is 490 g/mol. The number of hydrogen-bond donors (Lipinski definition) is 4. The van der Waals surface area contributed by atoms with Crippen molar-refractivity contribution in [1.82, 2.24) is 10.6 Å². The van der Waals surface area contributed by atoms with Crippen molar-refractivity contribution >= 4 is 11.8 Å². The van der Waals surface area contributed by atoms with Crippen molar-refractivity contribution in [3.05, 3.63) is 65.7 Å². The van der Waals surface area contributed by atoms with Crippen LogP contribution in [0.5, 0.6) is 5.75 Å². The third kappa shape index (κ3) is 11.0. The number of carbonyl (C=O) groups is 2. The summed E-state index contributed by atoms with van der Waals surface area (Å²) in [5.74, 6) is 0.403. The van der Waals surface area contributed by atoms with Crippen molar-refractivity contribution in [3.8, 4) is 5.75 Å². The van der Waals surface area contributed by atoms with E-state index in [0.717, 1.165) is 18.4 Å². The summed E-state index contributed by atoms with van der Waals surface area (Å²) in [5, 5.41) is 17.0. The standard InChI is InChI=1S/C32H49N3O4/c1-6-7-17-34-32(38)27(23(4)5)19-29(36)28(33)18-25(22(2)3)20-35-31(37)26-15-11-12-16-30(26)39-21-24-13-9-8-10-14-24/h8-16,22-23,25,27-29,36H,6-7,17-21,33H2,1-5H3,(H,34,38)(H,35,37)/t25-,27+,28-,29-/m0/s1. The smallest absolute Gasteiger partial charge is 0.255 e. The zero-order chi connectivity index (χ0) is 28.8. The summed E-state index contributed by atoms with van der Waals surface area (Å²) in [7, 11) is 0. The summed E-state index contributed by atoms with van der Waals surface area (Å²) >= 11 is 0. The summed E-state index contributed by atoms with van der Waals surface area (Å²) in [6, 6.07) is 16.6. The normalized spacial score (nSPS) is 14.5. The first-order valence-corrected chi connectivity index (χ1v) is 14.4. The van der Waals surface area contributed by atoms with Gasteiger partial charge >= 0.3 is 0 Å². The fraction of sp³-hybridized carbons (Fsp3) is 0.562. The number of aliphatic hydroxyl groups is 1. The van der Waals surface area contributed by atoms with E-state index in [2.05, 4.69) is 31.4 Å². The van der Waals surface area contributed by atoms with Crippen molar-refractivity contribution < 1.29 is 19.4 Å². The highest BCUT2D eigenvalue weighted by molar-refractivity contribution is 5.96. The highest BCUT2D eigenvalue weighted by Crippen LogP contribution is 2.24. The van der Waals surface area contributed by atoms with Gasteiger partial charge in [0.1, 0.15) is 12.4 Å². The summed E-state index contributed by atoms with van der Waals surface area (Å²) < 4.78 is 5.95. The molecule has 0 heterocycles. The van der Waals surface area contributed by atoms with Gasteiger partial charge in [-0.3, -0.25) is 9.59 Å². The molecule has 0 aliphatic carbocycles. The largest absolute Gasteiger partial charge is 0.488 e. The van der Waals surface area contributed by atoms with Crippen molar-refractivity contribution in [3.63, 3.8) is 0 Å². The number of rotatable bonds is 17. The molecule has 39 heavy (non-hydrogen) atoms. The fourth-order valence-electron chi connectivity index (χ4n) is 4.57. The molecule has 0 unspecified atom stereocenters. The Kier molecular flexibility index (Phi) is 14.0. The predicted octanol–water partition coefficient (Wildman–Crippen LogP) is 4.92. The topological polar surface area (TPSA) is 114 Å². The van der Waals surface area contributed by atoms with E-state index in [1.165, 1.54) is 0 Å². The molecule has 0 aliphatic rings. The van der Waals surface area contributed by atoms with Crippen molar-refractivity contribution in [2.45, 2.75) is 79.1 Å². The maximum atomic E-state index is 13.1. The van der Waals surface area contributed by atoms with Gasteiger partial charge in [-0.1, -0.05) is 83.5 Å². The number of nitrogens with two attached hydrogens (primary N) is 1. The van der Waals surface area contributed by atoms with Crippen LogP contribution in [0.3, 0.4) is 0 Å². The molecule has 7 nitrogen and oxygen atoms in total. The number of benzene rings is 2. The zero-order valence-corrected chi connectivity index (χ0v) is 24.4. The van der Waals surface area contributed by atoms with Crippen LogP contribution in [0.15, 0.2) is 54.6 Å². The van der Waals surface area contributed by atoms with E-state index in [9.17, 15) is 14.7 Å². The number of ether oxygens (including phenoxy) is 1. The van der Waals surface area contributed by atoms with Gasteiger partial charge in [-0.2, -0.15) is 0 Å². The van der Waals surface area contributed by atoms with Gasteiger partial charge in [0.15, 0.2) is 0 Å². The van der Waals surface area contributed by atoms with Gasteiger partial charge < -0.3 is 26.2 Å². The second-order valence-electron chi connectivity index (χ2n) is 11.2. The molecule has 0 saturated heterocycles. The summed E-state index contributed by atoms with van der Waals surface area (Å²) in [6.45, 7) is 11.7. The maximum Gasteiger partial charge on any atom is 0.255 e. The van der Waals surface area contributed by atoms with Crippen LogP contribution >= 0.6 is 0 Å². The summed E-state index contributed by atoms with van der Waals surface area (Å²) in [5.41, 5.74) is 7.96. The van der Waals surface area contributed by atoms with E-state index in [1.807, 2.05) is 56.3 Å². The van der Waals surface area contributed by atoms with E-state index < -0.39 is 12.1 Å². The van der Waals surface area contributed by atoms with Gasteiger partial charge in [0.2, 0.25) is 5.91 Å². The van der Waals surface area contributed by atoms with Crippen molar-refractivity contribution in [1.29, 1.82) is 0 Å². The lowest BCUT2D eigenvalue weighted by Gasteiger charge is -2.30. The van der Waals surface area contributed by atoms with Crippen molar-refractivity contribution in [2.24, 2.45) is 29.4 Å². The lowest BCUT2D eigenvalue weighted by atomic mass is 9.83.